The van der Waals surface area contributed by atoms with Crippen LogP contribution in [0.25, 0.3) is 6.08 Å². The Bertz CT molecular complexity index is 948. The van der Waals surface area contributed by atoms with Crippen molar-refractivity contribution in [2.24, 2.45) is 0 Å². The van der Waals surface area contributed by atoms with Gasteiger partial charge in [0.1, 0.15) is 24.0 Å². The summed E-state index contributed by atoms with van der Waals surface area (Å²) in [5, 5.41) is 13.0. The first kappa shape index (κ1) is 23.0. The van der Waals surface area contributed by atoms with Gasteiger partial charge in [0, 0.05) is 6.04 Å². The molecular weight excluding hydrogens is 578 g/mol. The van der Waals surface area contributed by atoms with Crippen LogP contribution in [-0.4, -0.2) is 11.9 Å². The van der Waals surface area contributed by atoms with E-state index in [1.807, 2.05) is 32.0 Å². The van der Waals surface area contributed by atoms with Crippen molar-refractivity contribution in [3.05, 3.63) is 65.1 Å². The lowest BCUT2D eigenvalue weighted by molar-refractivity contribution is -0.117. The molecule has 2 rings (SSSR count). The van der Waals surface area contributed by atoms with E-state index >= 15 is 0 Å². The van der Waals surface area contributed by atoms with Gasteiger partial charge < -0.3 is 10.1 Å². The van der Waals surface area contributed by atoms with Gasteiger partial charge in [0.05, 0.1) is 18.1 Å². The van der Waals surface area contributed by atoms with Crippen molar-refractivity contribution in [1.29, 1.82) is 5.26 Å². The molecule has 146 valence electrons. The summed E-state index contributed by atoms with van der Waals surface area (Å²) in [6, 6.07) is 10.9. The van der Waals surface area contributed by atoms with Crippen molar-refractivity contribution in [3.63, 3.8) is 0 Å². The van der Waals surface area contributed by atoms with E-state index in [1.54, 1.807) is 24.3 Å². The summed E-state index contributed by atoms with van der Waals surface area (Å²) >= 11 is 17.6. The summed E-state index contributed by atoms with van der Waals surface area (Å²) in [5.74, 6) is 0.262. The van der Waals surface area contributed by atoms with Crippen LogP contribution >= 0.6 is 61.7 Å². The molecule has 0 saturated heterocycles. The number of nitrogens with one attached hydrogen (secondary N) is 1. The first-order valence-electron chi connectivity index (χ1n) is 8.19. The van der Waals surface area contributed by atoms with Crippen LogP contribution in [0.15, 0.2) is 40.4 Å². The molecular formula is C20H16BrCl2IN2O2. The zero-order valence-corrected chi connectivity index (χ0v) is 20.3. The number of nitrogens with zero attached hydrogens (tertiary/aromatic N) is 1. The van der Waals surface area contributed by atoms with E-state index in [-0.39, 0.29) is 11.6 Å². The molecule has 0 spiro atoms. The minimum atomic E-state index is -0.399. The minimum absolute atomic E-state index is 0.0425. The lowest BCUT2D eigenvalue weighted by Crippen LogP contribution is -2.30. The molecule has 0 aliphatic rings. The van der Waals surface area contributed by atoms with Crippen molar-refractivity contribution in [2.45, 2.75) is 26.5 Å². The molecule has 1 N–H and O–H groups in total. The van der Waals surface area contributed by atoms with Gasteiger partial charge in [0.2, 0.25) is 0 Å². The van der Waals surface area contributed by atoms with Crippen LogP contribution in [0.3, 0.4) is 0 Å². The summed E-state index contributed by atoms with van der Waals surface area (Å²) in [6.07, 6.45) is 1.55. The molecule has 28 heavy (non-hydrogen) atoms. The molecule has 0 heterocycles. The number of halogens is 4. The zero-order chi connectivity index (χ0) is 20.8. The Morgan fingerprint density at radius 1 is 1.32 bits per heavy atom. The number of hydrogen-bond donors (Lipinski definition) is 1. The molecule has 1 amide bonds. The molecule has 2 aromatic carbocycles. The highest BCUT2D eigenvalue weighted by molar-refractivity contribution is 14.1. The predicted octanol–water partition coefficient (Wildman–Crippen LogP) is 6.37. The number of carbonyl (C=O) groups is 1. The Hall–Kier alpha value is -1.27. The van der Waals surface area contributed by atoms with E-state index < -0.39 is 5.91 Å². The Labute approximate surface area is 196 Å². The fourth-order valence-electron chi connectivity index (χ4n) is 2.24. The fraction of sp³-hybridized carbons (Fsp3) is 0.200. The van der Waals surface area contributed by atoms with Crippen LogP contribution in [0.4, 0.5) is 0 Å². The van der Waals surface area contributed by atoms with Crippen molar-refractivity contribution >= 4 is 73.7 Å². The van der Waals surface area contributed by atoms with Crippen LogP contribution in [-0.2, 0) is 11.4 Å². The second-order valence-electron chi connectivity index (χ2n) is 6.15. The second-order valence-corrected chi connectivity index (χ2v) is 8.98. The zero-order valence-electron chi connectivity index (χ0n) is 15.0. The van der Waals surface area contributed by atoms with Gasteiger partial charge in [-0.25, -0.2) is 0 Å². The number of hydrogen-bond acceptors (Lipinski definition) is 3. The summed E-state index contributed by atoms with van der Waals surface area (Å²) in [6.45, 7) is 4.00. The molecule has 0 aliphatic heterocycles. The number of rotatable bonds is 6. The molecule has 2 aromatic rings. The highest BCUT2D eigenvalue weighted by atomic mass is 127. The molecule has 0 unspecified atom stereocenters. The molecule has 4 nitrogen and oxygen atoms in total. The third-order valence-electron chi connectivity index (χ3n) is 3.48. The molecule has 0 aromatic heterocycles. The quantitative estimate of drug-likeness (QED) is 0.240. The Morgan fingerprint density at radius 2 is 2.04 bits per heavy atom. The Morgan fingerprint density at radius 3 is 2.61 bits per heavy atom. The largest absolute Gasteiger partial charge is 0.487 e. The van der Waals surface area contributed by atoms with E-state index in [1.165, 1.54) is 0 Å². The number of benzene rings is 2. The summed E-state index contributed by atoms with van der Waals surface area (Å²) in [5.41, 5.74) is 1.65. The number of amides is 1. The van der Waals surface area contributed by atoms with Crippen LogP contribution in [0.1, 0.15) is 25.0 Å². The number of ether oxygens (including phenoxy) is 1. The van der Waals surface area contributed by atoms with Gasteiger partial charge in [-0.1, -0.05) is 29.3 Å². The smallest absolute Gasteiger partial charge is 0.262 e. The maximum Gasteiger partial charge on any atom is 0.262 e. The highest BCUT2D eigenvalue weighted by Crippen LogP contribution is 2.33. The average Bonchev–Trinajstić information content (AvgIpc) is 2.61. The lowest BCUT2D eigenvalue weighted by Gasteiger charge is -2.12. The first-order chi connectivity index (χ1) is 13.2. The van der Waals surface area contributed by atoms with E-state index in [2.05, 4.69) is 43.8 Å². The Kier molecular flexibility index (Phi) is 8.62. The fourth-order valence-corrected chi connectivity index (χ4v) is 4.33. The van der Waals surface area contributed by atoms with E-state index in [0.29, 0.717) is 32.4 Å². The Balaban J connectivity index is 2.22. The maximum atomic E-state index is 12.1. The van der Waals surface area contributed by atoms with Gasteiger partial charge >= 0.3 is 0 Å². The third-order valence-corrected chi connectivity index (χ3v) is 5.61. The minimum Gasteiger partial charge on any atom is -0.487 e. The maximum absolute atomic E-state index is 12.1. The van der Waals surface area contributed by atoms with Crippen molar-refractivity contribution in [1.82, 2.24) is 5.32 Å². The molecule has 0 atom stereocenters. The van der Waals surface area contributed by atoms with Crippen molar-refractivity contribution in [3.8, 4) is 11.8 Å². The summed E-state index contributed by atoms with van der Waals surface area (Å²) in [7, 11) is 0. The second kappa shape index (κ2) is 10.5. The molecule has 0 aliphatic carbocycles. The van der Waals surface area contributed by atoms with Gasteiger partial charge in [-0.2, -0.15) is 5.26 Å². The average molecular weight is 594 g/mol. The van der Waals surface area contributed by atoms with Gasteiger partial charge in [-0.15, -0.1) is 0 Å². The van der Waals surface area contributed by atoms with Gasteiger partial charge in [0.25, 0.3) is 5.91 Å². The van der Waals surface area contributed by atoms with E-state index in [9.17, 15) is 10.1 Å². The highest BCUT2D eigenvalue weighted by Gasteiger charge is 2.13. The normalized spacial score (nSPS) is 11.3. The monoisotopic (exact) mass is 592 g/mol. The summed E-state index contributed by atoms with van der Waals surface area (Å²) < 4.78 is 7.46. The summed E-state index contributed by atoms with van der Waals surface area (Å²) in [4.78, 5) is 12.1. The van der Waals surface area contributed by atoms with Gasteiger partial charge in [0.15, 0.2) is 0 Å². The van der Waals surface area contributed by atoms with Crippen LogP contribution < -0.4 is 10.1 Å². The number of nitriles is 1. The van der Waals surface area contributed by atoms with Gasteiger partial charge in [-0.05, 0) is 93.8 Å². The number of carbonyl (C=O) groups excluding carboxylic acids is 1. The first-order valence-corrected chi connectivity index (χ1v) is 10.8. The molecule has 8 heteroatoms. The van der Waals surface area contributed by atoms with Gasteiger partial charge in [-0.3, -0.25) is 4.79 Å². The third kappa shape index (κ3) is 6.38. The standard InChI is InChI=1S/C20H16BrCl2IN2O2/c1-11(2)26-20(27)14(9-25)5-13-6-15(21)19(18(24)8-13)28-10-12-3-4-16(22)17(23)7-12/h3-8,11H,10H2,1-2H3,(H,26,27)/b14-5-. The topological polar surface area (TPSA) is 62.1 Å². The van der Waals surface area contributed by atoms with E-state index in [4.69, 9.17) is 27.9 Å². The van der Waals surface area contributed by atoms with Crippen LogP contribution in [0.2, 0.25) is 10.0 Å². The molecule has 0 bridgehead atoms. The van der Waals surface area contributed by atoms with Crippen LogP contribution in [0, 0.1) is 14.9 Å². The van der Waals surface area contributed by atoms with Crippen LogP contribution in [0.5, 0.6) is 5.75 Å². The lowest BCUT2D eigenvalue weighted by atomic mass is 10.1. The predicted molar refractivity (Wildman–Crippen MR) is 125 cm³/mol. The van der Waals surface area contributed by atoms with Crippen molar-refractivity contribution in [2.75, 3.05) is 0 Å². The molecule has 0 radical (unpaired) electrons. The van der Waals surface area contributed by atoms with Crippen molar-refractivity contribution < 1.29 is 9.53 Å². The molecule has 0 fully saturated rings. The SMILES string of the molecule is CC(C)NC(=O)/C(C#N)=C\c1cc(Br)c(OCc2ccc(Cl)c(Cl)c2)c(I)c1. The van der Waals surface area contributed by atoms with E-state index in [0.717, 1.165) is 9.13 Å². The molecule has 0 saturated carbocycles.